The van der Waals surface area contributed by atoms with Gasteiger partial charge in [-0.1, -0.05) is 6.07 Å². The molecular weight excluding hydrogens is 261 g/mol. The summed E-state index contributed by atoms with van der Waals surface area (Å²) in [6.07, 6.45) is -3.12. The third kappa shape index (κ3) is 3.61. The lowest BCUT2D eigenvalue weighted by Crippen LogP contribution is -2.19. The lowest BCUT2D eigenvalue weighted by molar-refractivity contribution is 0.355. The van der Waals surface area contributed by atoms with E-state index in [1.165, 1.54) is 11.3 Å². The van der Waals surface area contributed by atoms with Gasteiger partial charge in [0.2, 0.25) is 0 Å². The van der Waals surface area contributed by atoms with Gasteiger partial charge in [0.15, 0.2) is 5.83 Å². The van der Waals surface area contributed by atoms with Crippen LogP contribution in [0.2, 0.25) is 0 Å². The maximum atomic E-state index is 12.7. The minimum absolute atomic E-state index is 0.124. The first-order valence-electron chi connectivity index (χ1n) is 5.07. The molecule has 0 aliphatic rings. The molecule has 6 heteroatoms. The van der Waals surface area contributed by atoms with E-state index < -0.39 is 23.7 Å². The first kappa shape index (κ1) is 14.3. The molecule has 0 saturated heterocycles. The summed E-state index contributed by atoms with van der Waals surface area (Å²) in [4.78, 5) is 0.795. The number of halogens is 3. The van der Waals surface area contributed by atoms with E-state index >= 15 is 0 Å². The van der Waals surface area contributed by atoms with E-state index in [0.29, 0.717) is 0 Å². The fraction of sp³-hybridized carbons (Fsp3) is 0.333. The molecule has 1 aromatic rings. The number of nitrogens with zero attached hydrogens (tertiary/aromatic N) is 2. The van der Waals surface area contributed by atoms with Crippen molar-refractivity contribution in [2.24, 2.45) is 5.41 Å². The second-order valence-corrected chi connectivity index (χ2v) is 4.76. The summed E-state index contributed by atoms with van der Waals surface area (Å²) < 4.78 is 36.6. The van der Waals surface area contributed by atoms with Gasteiger partial charge in [-0.15, -0.1) is 11.3 Å². The summed E-state index contributed by atoms with van der Waals surface area (Å²) in [5, 5.41) is 19.9. The van der Waals surface area contributed by atoms with Gasteiger partial charge in [-0.2, -0.15) is 19.3 Å². The van der Waals surface area contributed by atoms with E-state index in [4.69, 9.17) is 10.5 Å². The molecule has 0 spiro atoms. The summed E-state index contributed by atoms with van der Waals surface area (Å²) in [6.45, 7) is 0. The van der Waals surface area contributed by atoms with Crippen LogP contribution in [-0.2, 0) is 6.42 Å². The normalized spacial score (nSPS) is 10.5. The average Bonchev–Trinajstić information content (AvgIpc) is 2.86. The van der Waals surface area contributed by atoms with Gasteiger partial charge in [0, 0.05) is 17.7 Å². The maximum absolute atomic E-state index is 12.7. The predicted octanol–water partition coefficient (Wildman–Crippen LogP) is 4.18. The Bertz CT molecular complexity index is 490. The van der Waals surface area contributed by atoms with Crippen molar-refractivity contribution in [1.82, 2.24) is 0 Å². The van der Waals surface area contributed by atoms with Gasteiger partial charge in [0.1, 0.15) is 5.41 Å². The van der Waals surface area contributed by atoms with Crippen LogP contribution in [0.5, 0.6) is 0 Å². The monoisotopic (exact) mass is 270 g/mol. The molecule has 0 aromatic carbocycles. The SMILES string of the molecule is N#CC(C#N)(CCC(F)=C(F)F)Cc1cccs1. The minimum atomic E-state index is -2.39. The topological polar surface area (TPSA) is 47.6 Å². The highest BCUT2D eigenvalue weighted by molar-refractivity contribution is 7.09. The van der Waals surface area contributed by atoms with Crippen molar-refractivity contribution in [2.45, 2.75) is 19.3 Å². The van der Waals surface area contributed by atoms with E-state index in [-0.39, 0.29) is 12.8 Å². The molecule has 94 valence electrons. The molecule has 0 saturated carbocycles. The van der Waals surface area contributed by atoms with Crippen LogP contribution in [0.4, 0.5) is 13.2 Å². The summed E-state index contributed by atoms with van der Waals surface area (Å²) in [7, 11) is 0. The van der Waals surface area contributed by atoms with Gasteiger partial charge in [-0.25, -0.2) is 4.39 Å². The largest absolute Gasteiger partial charge is 0.301 e. The fourth-order valence-corrected chi connectivity index (χ4v) is 2.25. The molecule has 1 heterocycles. The third-order valence-corrected chi connectivity index (χ3v) is 3.34. The number of nitriles is 2. The van der Waals surface area contributed by atoms with Crippen LogP contribution < -0.4 is 0 Å². The molecule has 0 bridgehead atoms. The predicted molar refractivity (Wildman–Crippen MR) is 61.3 cm³/mol. The van der Waals surface area contributed by atoms with Gasteiger partial charge < -0.3 is 0 Å². The van der Waals surface area contributed by atoms with Gasteiger partial charge >= 0.3 is 6.08 Å². The number of rotatable bonds is 5. The van der Waals surface area contributed by atoms with Crippen molar-refractivity contribution in [3.8, 4) is 12.1 Å². The minimum Gasteiger partial charge on any atom is -0.206 e. The zero-order valence-corrected chi connectivity index (χ0v) is 10.1. The molecule has 0 unspecified atom stereocenters. The van der Waals surface area contributed by atoms with Crippen LogP contribution in [0.25, 0.3) is 0 Å². The molecule has 0 aliphatic heterocycles. The van der Waals surface area contributed by atoms with Crippen LogP contribution in [0.3, 0.4) is 0 Å². The molecule has 1 rings (SSSR count). The first-order chi connectivity index (χ1) is 8.53. The van der Waals surface area contributed by atoms with Crippen LogP contribution in [0.1, 0.15) is 17.7 Å². The Labute approximate surface area is 107 Å². The highest BCUT2D eigenvalue weighted by Crippen LogP contribution is 2.31. The van der Waals surface area contributed by atoms with E-state index in [1.54, 1.807) is 17.5 Å². The Kier molecular flexibility index (Phi) is 4.94. The van der Waals surface area contributed by atoms with Gasteiger partial charge in [0.05, 0.1) is 12.1 Å². The maximum Gasteiger partial charge on any atom is 0.301 e. The Balaban J connectivity index is 2.80. The molecule has 0 fully saturated rings. The van der Waals surface area contributed by atoms with Gasteiger partial charge in [-0.05, 0) is 17.9 Å². The molecule has 18 heavy (non-hydrogen) atoms. The van der Waals surface area contributed by atoms with Crippen molar-refractivity contribution < 1.29 is 13.2 Å². The number of hydrogen-bond donors (Lipinski definition) is 0. The molecule has 0 atom stereocenters. The van der Waals surface area contributed by atoms with Crippen molar-refractivity contribution >= 4 is 11.3 Å². The fourth-order valence-electron chi connectivity index (χ4n) is 1.43. The van der Waals surface area contributed by atoms with Crippen molar-refractivity contribution in [3.63, 3.8) is 0 Å². The van der Waals surface area contributed by atoms with Crippen LogP contribution >= 0.6 is 11.3 Å². The summed E-state index contributed by atoms with van der Waals surface area (Å²) in [5.41, 5.74) is -1.46. The molecule has 0 amide bonds. The molecular formula is C12H9F3N2S. The van der Waals surface area contributed by atoms with E-state index in [9.17, 15) is 13.2 Å². The number of allylic oxidation sites excluding steroid dienone is 1. The highest BCUT2D eigenvalue weighted by Gasteiger charge is 2.31. The van der Waals surface area contributed by atoms with Crippen LogP contribution in [-0.4, -0.2) is 0 Å². The molecule has 0 N–H and O–H groups in total. The van der Waals surface area contributed by atoms with Crippen LogP contribution in [0.15, 0.2) is 29.4 Å². The Morgan fingerprint density at radius 2 is 1.94 bits per heavy atom. The Morgan fingerprint density at radius 1 is 1.28 bits per heavy atom. The van der Waals surface area contributed by atoms with E-state index in [2.05, 4.69) is 0 Å². The van der Waals surface area contributed by atoms with Crippen molar-refractivity contribution in [3.05, 3.63) is 34.3 Å². The molecule has 1 aromatic heterocycles. The van der Waals surface area contributed by atoms with E-state index in [1.807, 2.05) is 12.1 Å². The number of thiophene rings is 1. The first-order valence-corrected chi connectivity index (χ1v) is 5.95. The second-order valence-electron chi connectivity index (χ2n) is 3.73. The zero-order chi connectivity index (χ0) is 13.6. The summed E-state index contributed by atoms with van der Waals surface area (Å²) >= 11 is 1.36. The smallest absolute Gasteiger partial charge is 0.206 e. The zero-order valence-electron chi connectivity index (χ0n) is 9.29. The standard InChI is InChI=1S/C12H9F3N2S/c13-10(11(14)15)3-4-12(7-16,8-17)6-9-2-1-5-18-9/h1-2,5H,3-4,6H2. The molecule has 2 nitrogen and oxygen atoms in total. The second kappa shape index (κ2) is 6.23. The summed E-state index contributed by atoms with van der Waals surface area (Å²) in [6, 6.07) is 7.13. The van der Waals surface area contributed by atoms with Crippen molar-refractivity contribution in [2.75, 3.05) is 0 Å². The van der Waals surface area contributed by atoms with Gasteiger partial charge in [0.25, 0.3) is 0 Å². The van der Waals surface area contributed by atoms with Gasteiger partial charge in [-0.3, -0.25) is 0 Å². The lowest BCUT2D eigenvalue weighted by atomic mass is 9.82. The quantitative estimate of drug-likeness (QED) is 0.805. The third-order valence-electron chi connectivity index (χ3n) is 2.46. The highest BCUT2D eigenvalue weighted by atomic mass is 32.1. The Hall–Kier alpha value is -1.79. The summed E-state index contributed by atoms with van der Waals surface area (Å²) in [5.74, 6) is -1.56. The van der Waals surface area contributed by atoms with Crippen LogP contribution in [0, 0.1) is 28.1 Å². The Morgan fingerprint density at radius 3 is 2.39 bits per heavy atom. The molecule has 0 aliphatic carbocycles. The molecule has 0 radical (unpaired) electrons. The van der Waals surface area contributed by atoms with Crippen molar-refractivity contribution in [1.29, 1.82) is 10.5 Å². The number of hydrogen-bond acceptors (Lipinski definition) is 3. The van der Waals surface area contributed by atoms with E-state index in [0.717, 1.165) is 4.88 Å². The lowest BCUT2D eigenvalue weighted by Gasteiger charge is -2.16. The average molecular weight is 270 g/mol.